The highest BCUT2D eigenvalue weighted by Gasteiger charge is 2.25. The minimum atomic E-state index is -1.35. The Morgan fingerprint density at radius 2 is 1.21 bits per heavy atom. The van der Waals surface area contributed by atoms with Gasteiger partial charge in [0.05, 0.1) is 0 Å². The molecule has 2 saturated carbocycles. The molecule has 0 aromatic heterocycles. The Kier molecular flexibility index (Phi) is 5.89. The number of hydrogen-bond donors (Lipinski definition) is 0. The van der Waals surface area contributed by atoms with Gasteiger partial charge in [-0.1, -0.05) is 45.4 Å². The lowest BCUT2D eigenvalue weighted by atomic mass is 9.74. The van der Waals surface area contributed by atoms with Gasteiger partial charge in [0.2, 0.25) is 0 Å². The molecule has 3 heteroatoms. The van der Waals surface area contributed by atoms with Crippen LogP contribution in [-0.2, 0) is 0 Å². The van der Waals surface area contributed by atoms with Crippen LogP contribution in [0.15, 0.2) is 12.1 Å². The molecule has 0 spiro atoms. The van der Waals surface area contributed by atoms with Crippen LogP contribution >= 0.6 is 0 Å². The first-order chi connectivity index (χ1) is 11.5. The first kappa shape index (κ1) is 17.8. The van der Waals surface area contributed by atoms with Gasteiger partial charge in [-0.05, 0) is 67.1 Å². The maximum absolute atomic E-state index is 13.4. The monoisotopic (exact) mass is 338 g/mol. The maximum atomic E-state index is 13.4. The summed E-state index contributed by atoms with van der Waals surface area (Å²) in [6, 6.07) is 2.37. The van der Waals surface area contributed by atoms with E-state index in [4.69, 9.17) is 0 Å². The van der Waals surface area contributed by atoms with Crippen LogP contribution in [0.25, 0.3) is 0 Å². The predicted octanol–water partition coefficient (Wildman–Crippen LogP) is 6.98. The lowest BCUT2D eigenvalue weighted by Gasteiger charge is -2.31. The fraction of sp³-hybridized carbons (Fsp3) is 0.714. The second-order valence-corrected chi connectivity index (χ2v) is 8.22. The highest BCUT2D eigenvalue weighted by atomic mass is 19.2. The van der Waals surface area contributed by atoms with E-state index in [2.05, 4.69) is 6.92 Å². The standard InChI is InChI=1S/C21H29F3/c1-14-2-4-15(5-3-14)6-7-16-8-10-17(11-9-16)18-12-19(22)21(24)20(23)13-18/h12-17H,2-11H2,1H3. The fourth-order valence-corrected chi connectivity index (χ4v) is 4.68. The molecule has 2 aliphatic carbocycles. The predicted molar refractivity (Wildman–Crippen MR) is 91.4 cm³/mol. The van der Waals surface area contributed by atoms with Crippen molar-refractivity contribution in [1.29, 1.82) is 0 Å². The third-order valence-corrected chi connectivity index (χ3v) is 6.44. The van der Waals surface area contributed by atoms with Crippen LogP contribution in [0.4, 0.5) is 13.2 Å². The molecule has 1 aromatic rings. The zero-order chi connectivity index (χ0) is 17.1. The van der Waals surface area contributed by atoms with Crippen LogP contribution in [0.3, 0.4) is 0 Å². The summed E-state index contributed by atoms with van der Waals surface area (Å²) in [6.07, 6.45) is 12.4. The fourth-order valence-electron chi connectivity index (χ4n) is 4.68. The molecule has 0 unspecified atom stereocenters. The molecule has 2 fully saturated rings. The topological polar surface area (TPSA) is 0 Å². The van der Waals surface area contributed by atoms with Gasteiger partial charge in [0.25, 0.3) is 0 Å². The second-order valence-electron chi connectivity index (χ2n) is 8.22. The van der Waals surface area contributed by atoms with E-state index in [1.54, 1.807) is 0 Å². The smallest absolute Gasteiger partial charge is 0.194 e. The number of benzene rings is 1. The largest absolute Gasteiger partial charge is 0.204 e. The Balaban J connectivity index is 1.46. The van der Waals surface area contributed by atoms with E-state index < -0.39 is 17.5 Å². The third kappa shape index (κ3) is 4.34. The van der Waals surface area contributed by atoms with Gasteiger partial charge in [-0.3, -0.25) is 0 Å². The average molecular weight is 338 g/mol. The minimum Gasteiger partial charge on any atom is -0.204 e. The van der Waals surface area contributed by atoms with Gasteiger partial charge < -0.3 is 0 Å². The van der Waals surface area contributed by atoms with Crippen molar-refractivity contribution in [2.45, 2.75) is 77.0 Å². The molecule has 24 heavy (non-hydrogen) atoms. The van der Waals surface area contributed by atoms with Crippen LogP contribution in [0.5, 0.6) is 0 Å². The maximum Gasteiger partial charge on any atom is 0.194 e. The first-order valence-corrected chi connectivity index (χ1v) is 9.67. The second kappa shape index (κ2) is 7.93. The molecule has 0 saturated heterocycles. The molecule has 0 nitrogen and oxygen atoms in total. The quantitative estimate of drug-likeness (QED) is 0.519. The highest BCUT2D eigenvalue weighted by Crippen LogP contribution is 2.40. The Labute approximate surface area is 143 Å². The Hall–Kier alpha value is -0.990. The van der Waals surface area contributed by atoms with E-state index in [0.29, 0.717) is 5.56 Å². The van der Waals surface area contributed by atoms with Gasteiger partial charge in [0.15, 0.2) is 17.5 Å². The normalized spacial score (nSPS) is 31.2. The molecular formula is C21H29F3. The van der Waals surface area contributed by atoms with Crippen molar-refractivity contribution in [2.75, 3.05) is 0 Å². The first-order valence-electron chi connectivity index (χ1n) is 9.67. The van der Waals surface area contributed by atoms with Gasteiger partial charge in [-0.15, -0.1) is 0 Å². The average Bonchev–Trinajstić information content (AvgIpc) is 2.59. The van der Waals surface area contributed by atoms with Crippen LogP contribution in [0, 0.1) is 35.2 Å². The molecule has 0 bridgehead atoms. The number of hydrogen-bond acceptors (Lipinski definition) is 0. The van der Waals surface area contributed by atoms with Crippen molar-refractivity contribution in [3.63, 3.8) is 0 Å². The molecule has 3 rings (SSSR count). The summed E-state index contributed by atoms with van der Waals surface area (Å²) in [4.78, 5) is 0. The summed E-state index contributed by atoms with van der Waals surface area (Å²) in [5.74, 6) is -0.698. The van der Waals surface area contributed by atoms with Gasteiger partial charge >= 0.3 is 0 Å². The van der Waals surface area contributed by atoms with E-state index in [1.165, 1.54) is 50.7 Å². The molecular weight excluding hydrogens is 309 g/mol. The summed E-state index contributed by atoms with van der Waals surface area (Å²) in [6.45, 7) is 2.36. The lowest BCUT2D eigenvalue weighted by molar-refractivity contribution is 0.237. The molecule has 0 aliphatic heterocycles. The zero-order valence-electron chi connectivity index (χ0n) is 14.7. The highest BCUT2D eigenvalue weighted by molar-refractivity contribution is 5.23. The number of halogens is 3. The SMILES string of the molecule is CC1CCC(CCC2CCC(c3cc(F)c(F)c(F)c3)CC2)CC1. The summed E-state index contributed by atoms with van der Waals surface area (Å²) in [5.41, 5.74) is 0.631. The molecule has 0 heterocycles. The van der Waals surface area contributed by atoms with Crippen molar-refractivity contribution in [3.8, 4) is 0 Å². The van der Waals surface area contributed by atoms with E-state index >= 15 is 0 Å². The minimum absolute atomic E-state index is 0.182. The summed E-state index contributed by atoms with van der Waals surface area (Å²) < 4.78 is 39.9. The van der Waals surface area contributed by atoms with E-state index in [0.717, 1.165) is 43.4 Å². The summed E-state index contributed by atoms with van der Waals surface area (Å²) in [5, 5.41) is 0. The lowest BCUT2D eigenvalue weighted by Crippen LogP contribution is -2.17. The molecule has 0 amide bonds. The Morgan fingerprint density at radius 1 is 0.750 bits per heavy atom. The van der Waals surface area contributed by atoms with E-state index in [9.17, 15) is 13.2 Å². The van der Waals surface area contributed by atoms with Crippen molar-refractivity contribution >= 4 is 0 Å². The molecule has 0 atom stereocenters. The van der Waals surface area contributed by atoms with Crippen LogP contribution in [0.2, 0.25) is 0 Å². The Bertz CT molecular complexity index is 515. The van der Waals surface area contributed by atoms with Gasteiger partial charge in [-0.2, -0.15) is 0 Å². The zero-order valence-corrected chi connectivity index (χ0v) is 14.7. The molecule has 1 aromatic carbocycles. The molecule has 2 aliphatic rings. The van der Waals surface area contributed by atoms with Gasteiger partial charge in [0, 0.05) is 0 Å². The van der Waals surface area contributed by atoms with Crippen LogP contribution in [-0.4, -0.2) is 0 Å². The summed E-state index contributed by atoms with van der Waals surface area (Å²) in [7, 11) is 0. The van der Waals surface area contributed by atoms with Crippen LogP contribution < -0.4 is 0 Å². The van der Waals surface area contributed by atoms with Gasteiger partial charge in [0.1, 0.15) is 0 Å². The third-order valence-electron chi connectivity index (χ3n) is 6.44. The van der Waals surface area contributed by atoms with E-state index in [-0.39, 0.29) is 5.92 Å². The molecule has 0 N–H and O–H groups in total. The summed E-state index contributed by atoms with van der Waals surface area (Å²) >= 11 is 0. The van der Waals surface area contributed by atoms with E-state index in [1.807, 2.05) is 0 Å². The van der Waals surface area contributed by atoms with Gasteiger partial charge in [-0.25, -0.2) is 13.2 Å². The van der Waals surface area contributed by atoms with Crippen molar-refractivity contribution < 1.29 is 13.2 Å². The van der Waals surface area contributed by atoms with Crippen molar-refractivity contribution in [2.24, 2.45) is 17.8 Å². The van der Waals surface area contributed by atoms with Crippen molar-refractivity contribution in [3.05, 3.63) is 35.1 Å². The number of rotatable bonds is 4. The Morgan fingerprint density at radius 3 is 1.71 bits per heavy atom. The molecule has 134 valence electrons. The molecule has 0 radical (unpaired) electrons. The van der Waals surface area contributed by atoms with Crippen LogP contribution in [0.1, 0.15) is 82.6 Å². The van der Waals surface area contributed by atoms with Crippen molar-refractivity contribution in [1.82, 2.24) is 0 Å².